The molecule has 4 amide bonds. The lowest BCUT2D eigenvalue weighted by molar-refractivity contribution is -0.123. The quantitative estimate of drug-likeness (QED) is 0.150. The molecule has 203 valence electrons. The van der Waals surface area contributed by atoms with Crippen molar-refractivity contribution in [2.24, 2.45) is 17.4 Å². The van der Waals surface area contributed by atoms with Crippen LogP contribution in [0.5, 0.6) is 0 Å². The summed E-state index contributed by atoms with van der Waals surface area (Å²) < 4.78 is 10.6. The molecule has 0 fully saturated rings. The van der Waals surface area contributed by atoms with Gasteiger partial charge in [0, 0.05) is 37.8 Å². The Hall–Kier alpha value is -2.73. The molecule has 0 saturated carbocycles. The Balaban J connectivity index is 2.59. The van der Waals surface area contributed by atoms with E-state index in [1.54, 1.807) is 12.1 Å². The zero-order valence-electron chi connectivity index (χ0n) is 21.5. The van der Waals surface area contributed by atoms with Crippen molar-refractivity contribution in [3.8, 4) is 0 Å². The van der Waals surface area contributed by atoms with E-state index in [9.17, 15) is 14.4 Å². The molecule has 11 nitrogen and oxygen atoms in total. The average Bonchev–Trinajstić information content (AvgIpc) is 2.83. The molecular formula is C25H43N6O5. The minimum absolute atomic E-state index is 0.127. The number of hydrogen-bond donors (Lipinski definition) is 6. The Kier molecular flexibility index (Phi) is 16.1. The van der Waals surface area contributed by atoms with Crippen molar-refractivity contribution in [2.45, 2.75) is 45.2 Å². The first kappa shape index (κ1) is 31.3. The number of nitrogens with one attached hydrogen (secondary N) is 4. The Morgan fingerprint density at radius 2 is 1.69 bits per heavy atom. The molecular weight excluding hydrogens is 464 g/mol. The van der Waals surface area contributed by atoms with E-state index in [1.807, 2.05) is 26.0 Å². The first-order chi connectivity index (χ1) is 17.2. The van der Waals surface area contributed by atoms with Crippen LogP contribution in [-0.4, -0.2) is 76.0 Å². The van der Waals surface area contributed by atoms with Crippen molar-refractivity contribution in [3.05, 3.63) is 36.8 Å². The summed E-state index contributed by atoms with van der Waals surface area (Å²) in [5.41, 5.74) is 12.0. The number of hydrogen-bond acceptors (Lipinski definition) is 7. The molecule has 0 heterocycles. The fraction of sp³-hybridized carbons (Fsp3) is 0.600. The first-order valence-corrected chi connectivity index (χ1v) is 12.4. The number of carbonyl (C=O) groups excluding carboxylic acids is 3. The van der Waals surface area contributed by atoms with Crippen molar-refractivity contribution in [3.63, 3.8) is 0 Å². The van der Waals surface area contributed by atoms with Gasteiger partial charge in [-0.1, -0.05) is 26.0 Å². The normalized spacial score (nSPS) is 12.7. The third-order valence-corrected chi connectivity index (χ3v) is 5.35. The number of urea groups is 1. The average molecular weight is 508 g/mol. The van der Waals surface area contributed by atoms with Crippen LogP contribution in [0.3, 0.4) is 0 Å². The van der Waals surface area contributed by atoms with Gasteiger partial charge in [0.15, 0.2) is 0 Å². The maximum absolute atomic E-state index is 13.0. The second-order valence-corrected chi connectivity index (χ2v) is 8.76. The number of amides is 4. The molecule has 0 unspecified atom stereocenters. The summed E-state index contributed by atoms with van der Waals surface area (Å²) in [6, 6.07) is 5.88. The van der Waals surface area contributed by atoms with Gasteiger partial charge in [-0.3, -0.25) is 9.59 Å². The van der Waals surface area contributed by atoms with Crippen LogP contribution in [0, 0.1) is 12.8 Å². The van der Waals surface area contributed by atoms with Gasteiger partial charge in [0.1, 0.15) is 0 Å². The molecule has 0 spiro atoms. The lowest BCUT2D eigenvalue weighted by Crippen LogP contribution is -2.50. The molecule has 1 rings (SSSR count). The van der Waals surface area contributed by atoms with Gasteiger partial charge in [-0.2, -0.15) is 0 Å². The largest absolute Gasteiger partial charge is 0.379 e. The standard InChI is InChI=1S/C25H43N6O5/c1-18(2)22(31-23(32)10-13-35-15-16-36-14-11-26)17-29-21(5-4-12-28-25(27)34)24(33)30-20-8-6-19(3)7-9-20/h6-9,18,21-22,29H,3-5,10-17,26H2,1-2H3,(H,30,33)(H,31,32)(H3,27,28,34)/t21-,22+/m0/s1. The summed E-state index contributed by atoms with van der Waals surface area (Å²) >= 11 is 0. The molecule has 0 bridgehead atoms. The summed E-state index contributed by atoms with van der Waals surface area (Å²) in [6.07, 6.45) is 1.25. The van der Waals surface area contributed by atoms with Crippen LogP contribution in [0.4, 0.5) is 10.5 Å². The maximum Gasteiger partial charge on any atom is 0.312 e. The number of ether oxygens (including phenoxy) is 2. The monoisotopic (exact) mass is 507 g/mol. The highest BCUT2D eigenvalue weighted by Crippen LogP contribution is 2.11. The lowest BCUT2D eigenvalue weighted by atomic mass is 10.0. The Morgan fingerprint density at radius 3 is 2.31 bits per heavy atom. The van der Waals surface area contributed by atoms with Crippen LogP contribution in [0.2, 0.25) is 0 Å². The molecule has 1 radical (unpaired) electrons. The predicted octanol–water partition coefficient (Wildman–Crippen LogP) is 0.737. The number of benzene rings is 1. The molecule has 36 heavy (non-hydrogen) atoms. The molecule has 0 aliphatic rings. The minimum atomic E-state index is -0.605. The number of anilines is 1. The minimum Gasteiger partial charge on any atom is -0.379 e. The topological polar surface area (TPSA) is 170 Å². The molecule has 0 aliphatic heterocycles. The fourth-order valence-corrected chi connectivity index (χ4v) is 3.23. The number of rotatable bonds is 19. The van der Waals surface area contributed by atoms with Crippen LogP contribution in [0.1, 0.15) is 38.7 Å². The molecule has 8 N–H and O–H groups in total. The van der Waals surface area contributed by atoms with E-state index in [-0.39, 0.29) is 30.2 Å². The van der Waals surface area contributed by atoms with Crippen molar-refractivity contribution in [1.29, 1.82) is 0 Å². The highest BCUT2D eigenvalue weighted by molar-refractivity contribution is 5.94. The van der Waals surface area contributed by atoms with Gasteiger partial charge in [0.05, 0.1) is 32.5 Å². The summed E-state index contributed by atoms with van der Waals surface area (Å²) in [7, 11) is 0. The molecule has 0 saturated heterocycles. The summed E-state index contributed by atoms with van der Waals surface area (Å²) in [4.78, 5) is 36.3. The molecule has 0 aromatic heterocycles. The Labute approximate surface area is 214 Å². The molecule has 0 aliphatic carbocycles. The summed E-state index contributed by atoms with van der Waals surface area (Å²) in [5, 5.41) is 11.7. The maximum atomic E-state index is 13.0. The van der Waals surface area contributed by atoms with Crippen LogP contribution in [0.25, 0.3) is 0 Å². The van der Waals surface area contributed by atoms with Gasteiger partial charge in [0.2, 0.25) is 11.8 Å². The van der Waals surface area contributed by atoms with Crippen LogP contribution >= 0.6 is 0 Å². The third-order valence-electron chi connectivity index (χ3n) is 5.35. The smallest absolute Gasteiger partial charge is 0.312 e. The second kappa shape index (κ2) is 18.5. The van der Waals surface area contributed by atoms with Gasteiger partial charge in [-0.05, 0) is 43.4 Å². The molecule has 1 aromatic rings. The van der Waals surface area contributed by atoms with Crippen molar-refractivity contribution < 1.29 is 23.9 Å². The zero-order valence-corrected chi connectivity index (χ0v) is 21.5. The Bertz CT molecular complexity index is 775. The first-order valence-electron chi connectivity index (χ1n) is 12.4. The SMILES string of the molecule is [CH2]c1ccc(NC(=O)[C@H](CCCNC(N)=O)NC[C@@H](NC(=O)CCOCCOCCN)C(C)C)cc1. The number of carbonyl (C=O) groups is 3. The van der Waals surface area contributed by atoms with Gasteiger partial charge >= 0.3 is 6.03 Å². The van der Waals surface area contributed by atoms with Crippen LogP contribution in [-0.2, 0) is 19.1 Å². The van der Waals surface area contributed by atoms with Crippen molar-refractivity contribution >= 4 is 23.5 Å². The second-order valence-electron chi connectivity index (χ2n) is 8.76. The van der Waals surface area contributed by atoms with Gasteiger partial charge in [0.25, 0.3) is 0 Å². The third kappa shape index (κ3) is 14.6. The van der Waals surface area contributed by atoms with Crippen molar-refractivity contribution in [2.75, 3.05) is 51.4 Å². The zero-order chi connectivity index (χ0) is 26.8. The van der Waals surface area contributed by atoms with E-state index in [2.05, 4.69) is 28.2 Å². The van der Waals surface area contributed by atoms with E-state index in [0.717, 1.165) is 5.56 Å². The van der Waals surface area contributed by atoms with Gasteiger partial charge < -0.3 is 42.2 Å². The Morgan fingerprint density at radius 1 is 1.03 bits per heavy atom. The van der Waals surface area contributed by atoms with E-state index in [0.29, 0.717) is 64.6 Å². The van der Waals surface area contributed by atoms with Gasteiger partial charge in [-0.15, -0.1) is 0 Å². The van der Waals surface area contributed by atoms with Crippen molar-refractivity contribution in [1.82, 2.24) is 16.0 Å². The van der Waals surface area contributed by atoms with Crippen LogP contribution < -0.4 is 32.7 Å². The van der Waals surface area contributed by atoms with Crippen LogP contribution in [0.15, 0.2) is 24.3 Å². The summed E-state index contributed by atoms with van der Waals surface area (Å²) in [5.74, 6) is -0.194. The summed E-state index contributed by atoms with van der Waals surface area (Å²) in [6.45, 7) is 10.7. The fourth-order valence-electron chi connectivity index (χ4n) is 3.23. The van der Waals surface area contributed by atoms with E-state index >= 15 is 0 Å². The van der Waals surface area contributed by atoms with E-state index < -0.39 is 12.1 Å². The van der Waals surface area contributed by atoms with E-state index in [4.69, 9.17) is 20.9 Å². The number of nitrogens with two attached hydrogens (primary N) is 2. The predicted molar refractivity (Wildman–Crippen MR) is 140 cm³/mol. The molecule has 1 aromatic carbocycles. The highest BCUT2D eigenvalue weighted by atomic mass is 16.5. The lowest BCUT2D eigenvalue weighted by Gasteiger charge is -2.26. The molecule has 11 heteroatoms. The molecule has 2 atom stereocenters. The number of primary amides is 1. The van der Waals surface area contributed by atoms with Gasteiger partial charge in [-0.25, -0.2) is 4.79 Å². The highest BCUT2D eigenvalue weighted by Gasteiger charge is 2.22. The van der Waals surface area contributed by atoms with E-state index in [1.165, 1.54) is 0 Å².